The van der Waals surface area contributed by atoms with E-state index in [-0.39, 0.29) is 18.2 Å². The third-order valence-electron chi connectivity index (χ3n) is 4.19. The number of rotatable bonds is 3. The van der Waals surface area contributed by atoms with Gasteiger partial charge in [-0.15, -0.1) is 0 Å². The van der Waals surface area contributed by atoms with Crippen LogP contribution in [0.4, 0.5) is 0 Å². The molecule has 0 bridgehead atoms. The lowest BCUT2D eigenvalue weighted by molar-refractivity contribution is -0.170. The van der Waals surface area contributed by atoms with Gasteiger partial charge < -0.3 is 25.2 Å². The molecule has 0 spiro atoms. The van der Waals surface area contributed by atoms with Crippen LogP contribution in [0.5, 0.6) is 0 Å². The molecule has 1 saturated carbocycles. The van der Waals surface area contributed by atoms with Crippen molar-refractivity contribution in [3.63, 3.8) is 0 Å². The van der Waals surface area contributed by atoms with E-state index < -0.39 is 12.2 Å². The monoisotopic (exact) mass is 269 g/mol. The summed E-state index contributed by atoms with van der Waals surface area (Å²) in [5.74, 6) is 0.928. The molecule has 19 heavy (non-hydrogen) atoms. The van der Waals surface area contributed by atoms with Crippen molar-refractivity contribution in [2.75, 3.05) is 20.6 Å². The first kappa shape index (κ1) is 13.3. The van der Waals surface area contributed by atoms with Gasteiger partial charge in [0.1, 0.15) is 24.1 Å². The molecule has 1 saturated heterocycles. The van der Waals surface area contributed by atoms with Crippen LogP contribution in [0.15, 0.2) is 4.99 Å². The molecule has 0 unspecified atom stereocenters. The molecule has 5 atom stereocenters. The first-order valence-corrected chi connectivity index (χ1v) is 7.05. The Balaban J connectivity index is 1.64. The minimum absolute atomic E-state index is 0.109. The third-order valence-corrected chi connectivity index (χ3v) is 4.19. The van der Waals surface area contributed by atoms with Crippen molar-refractivity contribution in [1.29, 1.82) is 0 Å². The Bertz CT molecular complexity index is 370. The third kappa shape index (κ3) is 2.63. The van der Waals surface area contributed by atoms with Gasteiger partial charge in [0.15, 0.2) is 0 Å². The molecule has 3 aliphatic rings. The van der Waals surface area contributed by atoms with Gasteiger partial charge in [-0.05, 0) is 12.8 Å². The average molecular weight is 269 g/mol. The zero-order chi connectivity index (χ0) is 13.6. The van der Waals surface area contributed by atoms with Gasteiger partial charge in [0.05, 0.1) is 12.2 Å². The van der Waals surface area contributed by atoms with E-state index >= 15 is 0 Å². The predicted molar refractivity (Wildman–Crippen MR) is 71.2 cm³/mol. The summed E-state index contributed by atoms with van der Waals surface area (Å²) in [4.78, 5) is 6.41. The van der Waals surface area contributed by atoms with E-state index in [1.165, 1.54) is 12.8 Å². The fourth-order valence-corrected chi connectivity index (χ4v) is 2.80. The van der Waals surface area contributed by atoms with Crippen molar-refractivity contribution in [2.24, 2.45) is 4.99 Å². The van der Waals surface area contributed by atoms with Crippen LogP contribution in [0.25, 0.3) is 0 Å². The van der Waals surface area contributed by atoms with E-state index in [0.717, 1.165) is 5.84 Å². The minimum atomic E-state index is -0.863. The lowest BCUT2D eigenvalue weighted by Crippen LogP contribution is -2.58. The van der Waals surface area contributed by atoms with Gasteiger partial charge in [-0.2, -0.15) is 0 Å². The van der Waals surface area contributed by atoms with Gasteiger partial charge in [-0.3, -0.25) is 4.99 Å². The second-order valence-corrected chi connectivity index (χ2v) is 6.01. The smallest absolute Gasteiger partial charge is 0.109 e. The van der Waals surface area contributed by atoms with Gasteiger partial charge >= 0.3 is 0 Å². The lowest BCUT2D eigenvalue weighted by atomic mass is 9.93. The molecule has 0 amide bonds. The summed E-state index contributed by atoms with van der Waals surface area (Å²) in [5, 5.41) is 23.7. The quantitative estimate of drug-likeness (QED) is 0.610. The highest BCUT2D eigenvalue weighted by Crippen LogP contribution is 2.31. The van der Waals surface area contributed by atoms with Crippen LogP contribution >= 0.6 is 0 Å². The highest BCUT2D eigenvalue weighted by molar-refractivity contribution is 5.84. The van der Waals surface area contributed by atoms with Gasteiger partial charge in [-0.25, -0.2) is 0 Å². The van der Waals surface area contributed by atoms with Crippen LogP contribution in [-0.2, 0) is 4.74 Å². The number of ether oxygens (including phenoxy) is 1. The maximum absolute atomic E-state index is 10.2. The molecular formula is C13H23N3O3. The number of amidine groups is 1. The molecular weight excluding hydrogens is 246 g/mol. The zero-order valence-electron chi connectivity index (χ0n) is 11.5. The van der Waals surface area contributed by atoms with Crippen molar-refractivity contribution in [3.05, 3.63) is 0 Å². The fourth-order valence-electron chi connectivity index (χ4n) is 2.80. The normalized spacial score (nSPS) is 41.9. The lowest BCUT2D eigenvalue weighted by Gasteiger charge is -2.39. The molecule has 2 aliphatic heterocycles. The molecule has 2 fully saturated rings. The Hall–Kier alpha value is -0.690. The van der Waals surface area contributed by atoms with Crippen molar-refractivity contribution in [1.82, 2.24) is 10.2 Å². The summed E-state index contributed by atoms with van der Waals surface area (Å²) in [7, 11) is 3.87. The predicted octanol–water partition coefficient (Wildman–Crippen LogP) is -1.04. The van der Waals surface area contributed by atoms with Crippen LogP contribution in [-0.4, -0.2) is 78.1 Å². The molecule has 2 heterocycles. The number of nitrogens with zero attached hydrogens (tertiary/aromatic N) is 2. The van der Waals surface area contributed by atoms with E-state index in [9.17, 15) is 10.2 Å². The molecule has 0 aromatic rings. The minimum Gasteiger partial charge on any atom is -0.388 e. The van der Waals surface area contributed by atoms with Crippen molar-refractivity contribution in [2.45, 2.75) is 55.8 Å². The van der Waals surface area contributed by atoms with Crippen molar-refractivity contribution in [3.8, 4) is 0 Å². The Labute approximate surface area is 113 Å². The maximum atomic E-state index is 10.2. The van der Waals surface area contributed by atoms with Crippen LogP contribution in [0.3, 0.4) is 0 Å². The maximum Gasteiger partial charge on any atom is 0.109 e. The average Bonchev–Trinajstić information content (AvgIpc) is 3.09. The number of hydrogen-bond acceptors (Lipinski definition) is 6. The summed E-state index contributed by atoms with van der Waals surface area (Å²) in [6, 6.07) is 0.243. The van der Waals surface area contributed by atoms with Crippen LogP contribution < -0.4 is 5.32 Å². The Kier molecular flexibility index (Phi) is 3.51. The molecule has 0 aromatic heterocycles. The molecule has 6 nitrogen and oxygen atoms in total. The number of aliphatic imine (C=N–C) groups is 1. The highest BCUT2D eigenvalue weighted by atomic mass is 16.5. The van der Waals surface area contributed by atoms with Crippen molar-refractivity contribution >= 4 is 5.84 Å². The number of aliphatic hydroxyl groups is 2. The molecule has 1 aliphatic carbocycles. The van der Waals surface area contributed by atoms with Crippen LogP contribution in [0, 0.1) is 0 Å². The van der Waals surface area contributed by atoms with Gasteiger partial charge in [-0.1, -0.05) is 0 Å². The molecule has 6 heteroatoms. The number of aliphatic hydroxyl groups excluding tert-OH is 2. The highest BCUT2D eigenvalue weighted by Gasteiger charge is 2.47. The summed E-state index contributed by atoms with van der Waals surface area (Å²) in [6.45, 7) is 0.601. The first-order chi connectivity index (χ1) is 9.06. The SMILES string of the molecule is CN(C)C1=N[C@@H]2[C@@H](O)[C@H](O)[C@@H](CNC3CC3)O[C@@H]2C1. The first-order valence-electron chi connectivity index (χ1n) is 7.05. The van der Waals surface area contributed by atoms with E-state index in [1.54, 1.807) is 0 Å². The largest absolute Gasteiger partial charge is 0.388 e. The summed E-state index contributed by atoms with van der Waals surface area (Å²) in [6.07, 6.45) is 0.966. The fraction of sp³-hybridized carbons (Fsp3) is 0.923. The zero-order valence-corrected chi connectivity index (χ0v) is 11.5. The molecule has 3 rings (SSSR count). The van der Waals surface area contributed by atoms with Crippen molar-refractivity contribution < 1.29 is 14.9 Å². The second-order valence-electron chi connectivity index (χ2n) is 6.01. The van der Waals surface area contributed by atoms with Crippen LogP contribution in [0.1, 0.15) is 19.3 Å². The number of fused-ring (bicyclic) bond motifs is 1. The molecule has 108 valence electrons. The summed E-state index contributed by atoms with van der Waals surface area (Å²) in [5.41, 5.74) is 0. The van der Waals surface area contributed by atoms with Gasteiger partial charge in [0, 0.05) is 33.1 Å². The Morgan fingerprint density at radius 1 is 1.32 bits per heavy atom. The van der Waals surface area contributed by atoms with Gasteiger partial charge in [0.2, 0.25) is 0 Å². The summed E-state index contributed by atoms with van der Waals surface area (Å²) >= 11 is 0. The Morgan fingerprint density at radius 2 is 2.05 bits per heavy atom. The van der Waals surface area contributed by atoms with E-state index in [4.69, 9.17) is 4.74 Å². The molecule has 0 radical (unpaired) electrons. The Morgan fingerprint density at radius 3 is 2.68 bits per heavy atom. The number of hydrogen-bond donors (Lipinski definition) is 3. The standard InChI is InChI=1S/C13H23N3O3/c1-16(2)10-5-8-11(15-10)13(18)12(17)9(19-8)6-14-7-3-4-7/h7-9,11-14,17-18H,3-6H2,1-2H3/t8-,9-,11+,12-,13-/m1/s1. The van der Waals surface area contributed by atoms with E-state index in [1.807, 2.05) is 19.0 Å². The second kappa shape index (κ2) is 5.01. The van der Waals surface area contributed by atoms with E-state index in [0.29, 0.717) is 19.0 Å². The molecule has 0 aromatic carbocycles. The van der Waals surface area contributed by atoms with E-state index in [2.05, 4.69) is 10.3 Å². The molecule has 3 N–H and O–H groups in total. The number of nitrogens with one attached hydrogen (secondary N) is 1. The van der Waals surface area contributed by atoms with Gasteiger partial charge in [0.25, 0.3) is 0 Å². The topological polar surface area (TPSA) is 77.3 Å². The summed E-state index contributed by atoms with van der Waals surface area (Å²) < 4.78 is 5.94. The van der Waals surface area contributed by atoms with Crippen LogP contribution in [0.2, 0.25) is 0 Å².